The van der Waals surface area contributed by atoms with Crippen LogP contribution in [0.3, 0.4) is 0 Å². The number of hydrogen-bond donors (Lipinski definition) is 1. The Bertz CT molecular complexity index is 317. The maximum absolute atomic E-state index is 11.6. The number of sulfonamides is 1. The van der Waals surface area contributed by atoms with E-state index in [9.17, 15) is 8.42 Å². The summed E-state index contributed by atoms with van der Waals surface area (Å²) in [6.45, 7) is 5.13. The molecule has 0 aromatic carbocycles. The first kappa shape index (κ1) is 15.4. The van der Waals surface area contributed by atoms with Crippen molar-refractivity contribution >= 4 is 10.0 Å². The topological polar surface area (TPSA) is 49.4 Å². The van der Waals surface area contributed by atoms with Gasteiger partial charge >= 0.3 is 0 Å². The number of nitrogens with zero attached hydrogens (tertiary/aromatic N) is 1. The molecule has 0 radical (unpaired) electrons. The first-order valence-electron chi connectivity index (χ1n) is 5.51. The summed E-state index contributed by atoms with van der Waals surface area (Å²) in [7, 11) is -1.64. The molecule has 0 amide bonds. The fourth-order valence-electron chi connectivity index (χ4n) is 1.18. The Morgan fingerprint density at radius 2 is 2.00 bits per heavy atom. The summed E-state index contributed by atoms with van der Waals surface area (Å²) in [4.78, 5) is 0. The molecule has 4 nitrogen and oxygen atoms in total. The zero-order chi connectivity index (χ0) is 12.6. The minimum Gasteiger partial charge on any atom is -0.315 e. The number of hydrogen-bond acceptors (Lipinski definition) is 3. The second-order valence-electron chi connectivity index (χ2n) is 4.09. The van der Waals surface area contributed by atoms with Gasteiger partial charge in [-0.1, -0.05) is 19.8 Å². The van der Waals surface area contributed by atoms with Gasteiger partial charge in [-0.05, 0) is 19.4 Å². The molecule has 0 saturated heterocycles. The molecule has 0 aliphatic carbocycles. The van der Waals surface area contributed by atoms with Crippen molar-refractivity contribution in [1.82, 2.24) is 9.62 Å². The average molecular weight is 246 g/mol. The van der Waals surface area contributed by atoms with Crippen LogP contribution in [-0.2, 0) is 10.0 Å². The number of unbranched alkanes of at least 4 members (excludes halogenated alkanes) is 1. The summed E-state index contributed by atoms with van der Waals surface area (Å²) in [5, 5.41) is 3.25. The number of nitrogens with one attached hydrogen (secondary N) is 1. The summed E-state index contributed by atoms with van der Waals surface area (Å²) in [6, 6.07) is 0.445. The van der Waals surface area contributed by atoms with Crippen LogP contribution in [0.4, 0.5) is 0 Å². The van der Waals surface area contributed by atoms with E-state index in [-0.39, 0.29) is 12.3 Å². The molecule has 0 unspecified atom stereocenters. The second kappa shape index (κ2) is 7.66. The van der Waals surface area contributed by atoms with E-state index in [4.69, 9.17) is 6.42 Å². The molecule has 16 heavy (non-hydrogen) atoms. The van der Waals surface area contributed by atoms with Crippen molar-refractivity contribution in [3.05, 3.63) is 0 Å². The molecule has 0 aliphatic heterocycles. The van der Waals surface area contributed by atoms with Crippen LogP contribution in [0.25, 0.3) is 0 Å². The van der Waals surface area contributed by atoms with Crippen LogP contribution in [0.5, 0.6) is 0 Å². The highest BCUT2D eigenvalue weighted by atomic mass is 32.2. The predicted octanol–water partition coefficient (Wildman–Crippen LogP) is 0.659. The fourth-order valence-corrected chi connectivity index (χ4v) is 2.33. The molecule has 0 heterocycles. The molecule has 0 saturated carbocycles. The Hall–Kier alpha value is -0.570. The zero-order valence-corrected chi connectivity index (χ0v) is 11.2. The molecule has 0 aromatic heterocycles. The normalized spacial score (nSPS) is 12.0. The quantitative estimate of drug-likeness (QED) is 0.505. The van der Waals surface area contributed by atoms with Crippen molar-refractivity contribution < 1.29 is 8.42 Å². The minimum absolute atomic E-state index is 0.145. The van der Waals surface area contributed by atoms with E-state index in [0.717, 1.165) is 13.0 Å². The van der Waals surface area contributed by atoms with Gasteiger partial charge in [0.15, 0.2) is 0 Å². The molecule has 1 N–H and O–H groups in total. The van der Waals surface area contributed by atoms with E-state index in [1.54, 1.807) is 0 Å². The Labute approximate surface area is 99.5 Å². The number of terminal acetylenes is 1. The van der Waals surface area contributed by atoms with Crippen molar-refractivity contribution in [2.75, 3.05) is 25.9 Å². The monoisotopic (exact) mass is 246 g/mol. The van der Waals surface area contributed by atoms with Crippen LogP contribution >= 0.6 is 0 Å². The van der Waals surface area contributed by atoms with Crippen molar-refractivity contribution in [2.45, 2.75) is 32.7 Å². The van der Waals surface area contributed by atoms with Crippen molar-refractivity contribution in [2.24, 2.45) is 0 Å². The van der Waals surface area contributed by atoms with Gasteiger partial charge in [0, 0.05) is 13.1 Å². The third-order valence-electron chi connectivity index (χ3n) is 2.17. The van der Waals surface area contributed by atoms with Crippen LogP contribution < -0.4 is 5.32 Å². The van der Waals surface area contributed by atoms with Crippen molar-refractivity contribution in [1.29, 1.82) is 0 Å². The van der Waals surface area contributed by atoms with E-state index in [1.807, 2.05) is 0 Å². The van der Waals surface area contributed by atoms with Gasteiger partial charge in [0.2, 0.25) is 10.0 Å². The maximum Gasteiger partial charge on any atom is 0.214 e. The SMILES string of the molecule is C#CCN(C)S(=O)(=O)CCCCNC(C)C. The third kappa shape index (κ3) is 6.83. The van der Waals surface area contributed by atoms with Gasteiger partial charge in [-0.15, -0.1) is 6.42 Å². The Balaban J connectivity index is 3.80. The maximum atomic E-state index is 11.6. The van der Waals surface area contributed by atoms with E-state index >= 15 is 0 Å². The van der Waals surface area contributed by atoms with Crippen LogP contribution in [0.15, 0.2) is 0 Å². The van der Waals surface area contributed by atoms with Gasteiger partial charge in [-0.25, -0.2) is 8.42 Å². The van der Waals surface area contributed by atoms with Crippen LogP contribution in [0, 0.1) is 12.3 Å². The van der Waals surface area contributed by atoms with E-state index in [0.29, 0.717) is 12.5 Å². The van der Waals surface area contributed by atoms with Crippen LogP contribution in [0.2, 0.25) is 0 Å². The van der Waals surface area contributed by atoms with E-state index in [1.165, 1.54) is 11.4 Å². The zero-order valence-electron chi connectivity index (χ0n) is 10.4. The molecule has 0 bridgehead atoms. The van der Waals surface area contributed by atoms with Crippen molar-refractivity contribution in [3.63, 3.8) is 0 Å². The Morgan fingerprint density at radius 1 is 1.38 bits per heavy atom. The lowest BCUT2D eigenvalue weighted by Crippen LogP contribution is -2.30. The van der Waals surface area contributed by atoms with Crippen molar-refractivity contribution in [3.8, 4) is 12.3 Å². The molecule has 0 spiro atoms. The summed E-state index contributed by atoms with van der Waals surface area (Å²) in [5.74, 6) is 2.50. The molecule has 0 atom stereocenters. The second-order valence-corrected chi connectivity index (χ2v) is 6.29. The number of rotatable bonds is 8. The molecule has 94 valence electrons. The lowest BCUT2D eigenvalue weighted by atomic mass is 10.3. The predicted molar refractivity (Wildman–Crippen MR) is 67.6 cm³/mol. The molecule has 0 rings (SSSR count). The van der Waals surface area contributed by atoms with Gasteiger partial charge in [0.1, 0.15) is 0 Å². The molecular weight excluding hydrogens is 224 g/mol. The molecule has 0 aliphatic rings. The molecule has 0 aromatic rings. The summed E-state index contributed by atoms with van der Waals surface area (Å²) in [6.07, 6.45) is 6.60. The highest BCUT2D eigenvalue weighted by molar-refractivity contribution is 7.89. The fraction of sp³-hybridized carbons (Fsp3) is 0.818. The molecular formula is C11H22N2O2S. The minimum atomic E-state index is -3.16. The Kier molecular flexibility index (Phi) is 7.39. The average Bonchev–Trinajstić information content (AvgIpc) is 2.17. The van der Waals surface area contributed by atoms with Gasteiger partial charge < -0.3 is 5.32 Å². The highest BCUT2D eigenvalue weighted by Gasteiger charge is 2.15. The lowest BCUT2D eigenvalue weighted by Gasteiger charge is -2.14. The van der Waals surface area contributed by atoms with Crippen LogP contribution in [-0.4, -0.2) is 44.7 Å². The van der Waals surface area contributed by atoms with Gasteiger partial charge in [0.25, 0.3) is 0 Å². The standard InChI is InChI=1S/C11H22N2O2S/c1-5-9-13(4)16(14,15)10-7-6-8-12-11(2)3/h1,11-12H,6-10H2,2-4H3. The van der Waals surface area contributed by atoms with E-state index < -0.39 is 10.0 Å². The van der Waals surface area contributed by atoms with Gasteiger partial charge in [0.05, 0.1) is 12.3 Å². The summed E-state index contributed by atoms with van der Waals surface area (Å²) in [5.41, 5.74) is 0. The summed E-state index contributed by atoms with van der Waals surface area (Å²) >= 11 is 0. The first-order valence-corrected chi connectivity index (χ1v) is 7.12. The summed E-state index contributed by atoms with van der Waals surface area (Å²) < 4.78 is 24.5. The first-order chi connectivity index (χ1) is 7.40. The lowest BCUT2D eigenvalue weighted by molar-refractivity contribution is 0.497. The Morgan fingerprint density at radius 3 is 2.50 bits per heavy atom. The van der Waals surface area contributed by atoms with Gasteiger partial charge in [-0.3, -0.25) is 0 Å². The van der Waals surface area contributed by atoms with E-state index in [2.05, 4.69) is 25.1 Å². The highest BCUT2D eigenvalue weighted by Crippen LogP contribution is 2.01. The molecule has 5 heteroatoms. The molecule has 0 fully saturated rings. The third-order valence-corrected chi connectivity index (χ3v) is 4.05. The largest absolute Gasteiger partial charge is 0.315 e. The van der Waals surface area contributed by atoms with Gasteiger partial charge in [-0.2, -0.15) is 4.31 Å². The smallest absolute Gasteiger partial charge is 0.214 e. The van der Waals surface area contributed by atoms with Crippen LogP contribution in [0.1, 0.15) is 26.7 Å².